The number of hydrogen-bond donors (Lipinski definition) is 2. The van der Waals surface area contributed by atoms with Gasteiger partial charge >= 0.3 is 0 Å². The summed E-state index contributed by atoms with van der Waals surface area (Å²) < 4.78 is 5.56. The van der Waals surface area contributed by atoms with E-state index in [4.69, 9.17) is 16.3 Å². The molecule has 1 aromatic carbocycles. The van der Waals surface area contributed by atoms with Crippen molar-refractivity contribution >= 4 is 17.5 Å². The van der Waals surface area contributed by atoms with Crippen molar-refractivity contribution in [3.63, 3.8) is 0 Å². The van der Waals surface area contributed by atoms with E-state index in [1.54, 1.807) is 6.07 Å². The van der Waals surface area contributed by atoms with Gasteiger partial charge in [0.05, 0.1) is 11.1 Å². The van der Waals surface area contributed by atoms with Gasteiger partial charge in [-0.15, -0.1) is 0 Å². The molecule has 1 aromatic rings. The zero-order chi connectivity index (χ0) is 14.5. The van der Waals surface area contributed by atoms with Crippen molar-refractivity contribution in [2.45, 2.75) is 44.8 Å². The lowest BCUT2D eigenvalue weighted by molar-refractivity contribution is 0.0899. The van der Waals surface area contributed by atoms with E-state index in [-0.39, 0.29) is 22.7 Å². The Kier molecular flexibility index (Phi) is 5.26. The molecule has 1 fully saturated rings. The number of carbonyl (C=O) groups excluding carboxylic acids is 1. The lowest BCUT2D eigenvalue weighted by atomic mass is 10.1. The molecule has 1 aliphatic heterocycles. The van der Waals surface area contributed by atoms with Crippen LogP contribution in [-0.2, 0) is 4.74 Å². The standard InChI is InChI=1S/C15H20ClNO3/c1-10(4-6-12-3-2-8-20-12)17-15(19)11-5-7-14(18)13(16)9-11/h5,7,9-10,12,18H,2-4,6,8H2,1H3,(H,17,19). The molecule has 2 N–H and O–H groups in total. The first-order chi connectivity index (χ1) is 9.56. The summed E-state index contributed by atoms with van der Waals surface area (Å²) in [5.74, 6) is -0.193. The molecule has 0 aromatic heterocycles. The molecule has 2 unspecified atom stereocenters. The average molecular weight is 298 g/mol. The zero-order valence-electron chi connectivity index (χ0n) is 11.6. The third-order valence-corrected chi connectivity index (χ3v) is 3.84. The molecule has 1 heterocycles. The number of hydrogen-bond acceptors (Lipinski definition) is 3. The maximum absolute atomic E-state index is 12.0. The summed E-state index contributed by atoms with van der Waals surface area (Å²) in [6.45, 7) is 2.84. The van der Waals surface area contributed by atoms with Crippen molar-refractivity contribution < 1.29 is 14.6 Å². The Hall–Kier alpha value is -1.26. The molecule has 0 saturated carbocycles. The fraction of sp³-hybridized carbons (Fsp3) is 0.533. The fourth-order valence-electron chi connectivity index (χ4n) is 2.34. The van der Waals surface area contributed by atoms with E-state index >= 15 is 0 Å². The van der Waals surface area contributed by atoms with Crippen LogP contribution in [0.1, 0.15) is 43.0 Å². The molecule has 0 aliphatic carbocycles. The third kappa shape index (κ3) is 4.12. The van der Waals surface area contributed by atoms with E-state index in [1.165, 1.54) is 12.1 Å². The Bertz CT molecular complexity index is 472. The Balaban J connectivity index is 1.81. The average Bonchev–Trinajstić information content (AvgIpc) is 2.92. The highest BCUT2D eigenvalue weighted by atomic mass is 35.5. The van der Waals surface area contributed by atoms with E-state index in [1.807, 2.05) is 6.92 Å². The normalized spacial score (nSPS) is 19.8. The molecular weight excluding hydrogens is 278 g/mol. The summed E-state index contributed by atoms with van der Waals surface area (Å²) in [6, 6.07) is 4.54. The second-order valence-electron chi connectivity index (χ2n) is 5.25. The van der Waals surface area contributed by atoms with E-state index < -0.39 is 0 Å². The quantitative estimate of drug-likeness (QED) is 0.878. The van der Waals surface area contributed by atoms with Crippen LogP contribution in [-0.4, -0.2) is 29.8 Å². The number of aromatic hydroxyl groups is 1. The smallest absolute Gasteiger partial charge is 0.251 e. The SMILES string of the molecule is CC(CCC1CCCO1)NC(=O)c1ccc(O)c(Cl)c1. The largest absolute Gasteiger partial charge is 0.506 e. The van der Waals surface area contributed by atoms with Gasteiger partial charge in [-0.2, -0.15) is 0 Å². The minimum absolute atomic E-state index is 0.0188. The summed E-state index contributed by atoms with van der Waals surface area (Å²) in [4.78, 5) is 12.0. The number of carbonyl (C=O) groups is 1. The molecule has 1 amide bonds. The van der Waals surface area contributed by atoms with Gasteiger partial charge in [0.1, 0.15) is 5.75 Å². The van der Waals surface area contributed by atoms with Gasteiger partial charge in [-0.25, -0.2) is 0 Å². The van der Waals surface area contributed by atoms with Gasteiger partial charge in [-0.1, -0.05) is 11.6 Å². The van der Waals surface area contributed by atoms with Gasteiger partial charge in [0.15, 0.2) is 0 Å². The number of ether oxygens (including phenoxy) is 1. The molecule has 4 nitrogen and oxygen atoms in total. The first-order valence-electron chi connectivity index (χ1n) is 6.97. The summed E-state index contributed by atoms with van der Waals surface area (Å²) in [5.41, 5.74) is 0.455. The number of phenols is 1. The van der Waals surface area contributed by atoms with Gasteiger partial charge in [0.25, 0.3) is 5.91 Å². The number of rotatable bonds is 5. The maximum atomic E-state index is 12.0. The second-order valence-corrected chi connectivity index (χ2v) is 5.66. The van der Waals surface area contributed by atoms with Crippen LogP contribution in [0.4, 0.5) is 0 Å². The molecule has 20 heavy (non-hydrogen) atoms. The first kappa shape index (κ1) is 15.1. The van der Waals surface area contributed by atoms with Crippen LogP contribution in [0.5, 0.6) is 5.75 Å². The summed E-state index contributed by atoms with van der Waals surface area (Å²) >= 11 is 5.80. The van der Waals surface area contributed by atoms with Crippen molar-refractivity contribution in [3.8, 4) is 5.75 Å². The van der Waals surface area contributed by atoms with Crippen LogP contribution in [0.15, 0.2) is 18.2 Å². The monoisotopic (exact) mass is 297 g/mol. The maximum Gasteiger partial charge on any atom is 0.251 e. The molecule has 5 heteroatoms. The molecule has 2 rings (SSSR count). The van der Waals surface area contributed by atoms with Crippen molar-refractivity contribution in [1.82, 2.24) is 5.32 Å². The minimum atomic E-state index is -0.174. The molecule has 1 aliphatic rings. The number of benzene rings is 1. The van der Waals surface area contributed by atoms with Gasteiger partial charge in [-0.3, -0.25) is 4.79 Å². The van der Waals surface area contributed by atoms with Gasteiger partial charge in [0, 0.05) is 18.2 Å². The van der Waals surface area contributed by atoms with E-state index in [0.717, 1.165) is 32.3 Å². The minimum Gasteiger partial charge on any atom is -0.506 e. The van der Waals surface area contributed by atoms with Gasteiger partial charge in [0.2, 0.25) is 0 Å². The Labute approximate surface area is 124 Å². The summed E-state index contributed by atoms with van der Waals surface area (Å²) in [6.07, 6.45) is 4.46. The van der Waals surface area contributed by atoms with Crippen LogP contribution in [0, 0.1) is 0 Å². The van der Waals surface area contributed by atoms with E-state index in [0.29, 0.717) is 11.7 Å². The Morgan fingerprint density at radius 2 is 2.40 bits per heavy atom. The predicted octanol–water partition coefficient (Wildman–Crippen LogP) is 3.12. The Morgan fingerprint density at radius 1 is 1.60 bits per heavy atom. The van der Waals surface area contributed by atoms with Crippen molar-refractivity contribution in [2.75, 3.05) is 6.61 Å². The molecular formula is C15H20ClNO3. The Morgan fingerprint density at radius 3 is 3.05 bits per heavy atom. The highest BCUT2D eigenvalue weighted by Gasteiger charge is 2.17. The van der Waals surface area contributed by atoms with Crippen LogP contribution < -0.4 is 5.32 Å². The molecule has 0 radical (unpaired) electrons. The number of halogens is 1. The van der Waals surface area contributed by atoms with Crippen molar-refractivity contribution in [3.05, 3.63) is 28.8 Å². The highest BCUT2D eigenvalue weighted by Crippen LogP contribution is 2.23. The van der Waals surface area contributed by atoms with Crippen LogP contribution in [0.2, 0.25) is 5.02 Å². The molecule has 1 saturated heterocycles. The van der Waals surface area contributed by atoms with E-state index in [9.17, 15) is 9.90 Å². The first-order valence-corrected chi connectivity index (χ1v) is 7.35. The van der Waals surface area contributed by atoms with Crippen LogP contribution in [0.25, 0.3) is 0 Å². The zero-order valence-corrected chi connectivity index (χ0v) is 12.3. The van der Waals surface area contributed by atoms with E-state index in [2.05, 4.69) is 5.32 Å². The molecule has 0 spiro atoms. The molecule has 2 atom stereocenters. The highest BCUT2D eigenvalue weighted by molar-refractivity contribution is 6.32. The summed E-state index contributed by atoms with van der Waals surface area (Å²) in [5, 5.41) is 12.5. The fourth-order valence-corrected chi connectivity index (χ4v) is 2.52. The van der Waals surface area contributed by atoms with Crippen molar-refractivity contribution in [1.29, 1.82) is 0 Å². The molecule has 110 valence electrons. The topological polar surface area (TPSA) is 58.6 Å². The van der Waals surface area contributed by atoms with Crippen LogP contribution >= 0.6 is 11.6 Å². The predicted molar refractivity (Wildman–Crippen MR) is 78.3 cm³/mol. The van der Waals surface area contributed by atoms with Gasteiger partial charge in [-0.05, 0) is 50.8 Å². The number of phenolic OH excluding ortho intramolecular Hbond substituents is 1. The summed E-state index contributed by atoms with van der Waals surface area (Å²) in [7, 11) is 0. The third-order valence-electron chi connectivity index (χ3n) is 3.53. The lowest BCUT2D eigenvalue weighted by Gasteiger charge is -2.16. The van der Waals surface area contributed by atoms with Crippen molar-refractivity contribution in [2.24, 2.45) is 0 Å². The lowest BCUT2D eigenvalue weighted by Crippen LogP contribution is -2.33. The van der Waals surface area contributed by atoms with Crippen LogP contribution in [0.3, 0.4) is 0 Å². The number of amides is 1. The number of nitrogens with one attached hydrogen (secondary N) is 1. The molecule has 0 bridgehead atoms. The second kappa shape index (κ2) is 6.95. The van der Waals surface area contributed by atoms with Gasteiger partial charge < -0.3 is 15.2 Å².